The van der Waals surface area contributed by atoms with Crippen molar-refractivity contribution in [2.45, 2.75) is 13.0 Å². The first-order valence-corrected chi connectivity index (χ1v) is 12.0. The van der Waals surface area contributed by atoms with Crippen molar-refractivity contribution in [2.75, 3.05) is 50.9 Å². The van der Waals surface area contributed by atoms with E-state index in [-0.39, 0.29) is 32.0 Å². The van der Waals surface area contributed by atoms with Gasteiger partial charge < -0.3 is 24.3 Å². The van der Waals surface area contributed by atoms with Crippen LogP contribution in [0.4, 0.5) is 15.8 Å². The first-order valence-electron chi connectivity index (χ1n) is 11.2. The lowest BCUT2D eigenvalue weighted by Gasteiger charge is -2.17. The Morgan fingerprint density at radius 3 is 2.67 bits per heavy atom. The number of nitrogens with zero attached hydrogens (tertiary/aromatic N) is 3. The zero-order chi connectivity index (χ0) is 26.2. The van der Waals surface area contributed by atoms with Gasteiger partial charge in [-0.2, -0.15) is 5.26 Å². The molecule has 3 N–H and O–H groups in total. The number of amides is 1. The number of hydrogen-bond donors (Lipinski definition) is 3. The number of nitrogens with one attached hydrogen (secondary N) is 3. The molecule has 1 heterocycles. The second-order valence-corrected chi connectivity index (χ2v) is 9.11. The van der Waals surface area contributed by atoms with Crippen LogP contribution in [0.2, 0.25) is 0 Å². The van der Waals surface area contributed by atoms with Gasteiger partial charge in [0, 0.05) is 68.9 Å². The number of benzene rings is 2. The summed E-state index contributed by atoms with van der Waals surface area (Å²) in [6.07, 6.45) is 0.0125. The largest absolute Gasteiger partial charge is 0.422 e. The fourth-order valence-electron chi connectivity index (χ4n) is 3.67. The summed E-state index contributed by atoms with van der Waals surface area (Å²) in [6, 6.07) is 12.4. The predicted molar refractivity (Wildman–Crippen MR) is 141 cm³/mol. The van der Waals surface area contributed by atoms with Crippen LogP contribution in [0, 0.1) is 17.1 Å². The Bertz CT molecular complexity index is 1340. The summed E-state index contributed by atoms with van der Waals surface area (Å²) in [5.74, 6) is -0.720. The van der Waals surface area contributed by atoms with Gasteiger partial charge in [-0.05, 0) is 36.4 Å². The van der Waals surface area contributed by atoms with Gasteiger partial charge in [-0.25, -0.2) is 13.9 Å². The van der Waals surface area contributed by atoms with Gasteiger partial charge >= 0.3 is 5.63 Å². The van der Waals surface area contributed by atoms with Crippen molar-refractivity contribution in [1.29, 1.82) is 5.26 Å². The van der Waals surface area contributed by atoms with E-state index in [0.29, 0.717) is 33.3 Å². The van der Waals surface area contributed by atoms with E-state index < -0.39 is 11.4 Å². The van der Waals surface area contributed by atoms with Gasteiger partial charge in [-0.3, -0.25) is 4.79 Å². The fourth-order valence-corrected chi connectivity index (χ4v) is 4.04. The van der Waals surface area contributed by atoms with E-state index in [1.807, 2.05) is 37.2 Å². The summed E-state index contributed by atoms with van der Waals surface area (Å²) in [7, 11) is 7.03. The minimum atomic E-state index is -0.564. The highest BCUT2D eigenvalue weighted by molar-refractivity contribution is 7.98. The summed E-state index contributed by atoms with van der Waals surface area (Å²) < 4.78 is 26.5. The Morgan fingerprint density at radius 2 is 1.97 bits per heavy atom. The van der Waals surface area contributed by atoms with Gasteiger partial charge in [0.05, 0.1) is 18.3 Å². The molecule has 0 fully saturated rings. The number of anilines is 2. The summed E-state index contributed by atoms with van der Waals surface area (Å²) >= 11 is 1.13. The zero-order valence-corrected chi connectivity index (χ0v) is 21.5. The fraction of sp³-hybridized carbons (Fsp3) is 0.320. The van der Waals surface area contributed by atoms with Crippen molar-refractivity contribution in [2.24, 2.45) is 0 Å². The molecule has 0 unspecified atom stereocenters. The molecule has 0 radical (unpaired) electrons. The van der Waals surface area contributed by atoms with Crippen LogP contribution in [0.1, 0.15) is 16.7 Å². The maximum atomic E-state index is 15.2. The quantitative estimate of drug-likeness (QED) is 0.203. The average Bonchev–Trinajstić information content (AvgIpc) is 2.85. The third-order valence-corrected chi connectivity index (χ3v) is 6.17. The molecular formula is C25H29FN6O3S. The van der Waals surface area contributed by atoms with Gasteiger partial charge in [0.2, 0.25) is 5.91 Å². The predicted octanol–water partition coefficient (Wildman–Crippen LogP) is 2.85. The molecule has 0 bridgehead atoms. The van der Waals surface area contributed by atoms with Crippen LogP contribution in [-0.2, 0) is 17.8 Å². The van der Waals surface area contributed by atoms with Gasteiger partial charge in [0.15, 0.2) is 5.82 Å². The zero-order valence-electron chi connectivity index (χ0n) is 20.6. The second kappa shape index (κ2) is 12.4. The molecule has 3 aromatic rings. The van der Waals surface area contributed by atoms with E-state index in [9.17, 15) is 9.59 Å². The van der Waals surface area contributed by atoms with E-state index in [4.69, 9.17) is 9.68 Å². The lowest BCUT2D eigenvalue weighted by atomic mass is 9.97. The topological polar surface area (TPSA) is 114 Å². The number of hydrogen-bond acceptors (Lipinski definition) is 9. The highest BCUT2D eigenvalue weighted by Crippen LogP contribution is 2.28. The Hall–Kier alpha value is -3.59. The third-order valence-electron chi connectivity index (χ3n) is 5.64. The summed E-state index contributed by atoms with van der Waals surface area (Å²) in [6.45, 7) is 0.136. The number of halogens is 1. The molecule has 0 atom stereocenters. The molecule has 36 heavy (non-hydrogen) atoms. The van der Waals surface area contributed by atoms with Crippen molar-refractivity contribution in [3.63, 3.8) is 0 Å². The third kappa shape index (κ3) is 6.34. The van der Waals surface area contributed by atoms with Gasteiger partial charge in [-0.15, -0.1) is 0 Å². The monoisotopic (exact) mass is 512 g/mol. The molecule has 11 heteroatoms. The maximum absolute atomic E-state index is 15.2. The van der Waals surface area contributed by atoms with E-state index in [0.717, 1.165) is 17.8 Å². The summed E-state index contributed by atoms with van der Waals surface area (Å²) in [4.78, 5) is 28.6. The maximum Gasteiger partial charge on any atom is 0.340 e. The van der Waals surface area contributed by atoms with Crippen molar-refractivity contribution < 1.29 is 13.6 Å². The minimum absolute atomic E-state index is 0.0125. The highest BCUT2D eigenvalue weighted by atomic mass is 32.2. The van der Waals surface area contributed by atoms with Crippen molar-refractivity contribution in [1.82, 2.24) is 14.9 Å². The number of fused-ring (bicyclic) bond motifs is 1. The van der Waals surface area contributed by atoms with Crippen molar-refractivity contribution in [3.05, 3.63) is 69.3 Å². The smallest absolute Gasteiger partial charge is 0.340 e. The first kappa shape index (κ1) is 27.0. The number of carbonyl (C=O) groups is 1. The minimum Gasteiger partial charge on any atom is -0.422 e. The molecule has 3 rings (SSSR count). The highest BCUT2D eigenvalue weighted by Gasteiger charge is 2.19. The lowest BCUT2D eigenvalue weighted by molar-refractivity contribution is -0.128. The second-order valence-electron chi connectivity index (χ2n) is 8.30. The Labute approximate surface area is 213 Å². The van der Waals surface area contributed by atoms with Crippen LogP contribution in [0.3, 0.4) is 0 Å². The Kier molecular flexibility index (Phi) is 9.30. The van der Waals surface area contributed by atoms with E-state index in [1.165, 1.54) is 4.90 Å². The van der Waals surface area contributed by atoms with Crippen LogP contribution in [0.25, 0.3) is 11.0 Å². The molecule has 1 aromatic heterocycles. The standard InChI is InChI=1S/C25H29FN6O3S/c1-28-36-30-21-7-5-6-16(24(21)26)12-19-20(14-29-15-23(33)32(4)11-10-27)18-9-8-17(31(2)3)13-22(18)35-25(19)34/h5-9,13,28-30H,11-12,14-15H2,1-4H3. The van der Waals surface area contributed by atoms with Gasteiger partial charge in [0.25, 0.3) is 0 Å². The van der Waals surface area contributed by atoms with Gasteiger partial charge in [-0.1, -0.05) is 12.1 Å². The van der Waals surface area contributed by atoms with Crippen LogP contribution in [-0.4, -0.2) is 52.1 Å². The lowest BCUT2D eigenvalue weighted by Crippen LogP contribution is -2.35. The van der Waals surface area contributed by atoms with Crippen LogP contribution < -0.4 is 25.3 Å². The van der Waals surface area contributed by atoms with E-state index in [1.54, 1.807) is 38.4 Å². The van der Waals surface area contributed by atoms with E-state index >= 15 is 4.39 Å². The molecule has 0 spiro atoms. The molecule has 0 aliphatic rings. The molecular weight excluding hydrogens is 483 g/mol. The first-order chi connectivity index (χ1) is 17.3. The van der Waals surface area contributed by atoms with Crippen LogP contribution >= 0.6 is 12.1 Å². The van der Waals surface area contributed by atoms with E-state index in [2.05, 4.69) is 14.8 Å². The Morgan fingerprint density at radius 1 is 1.19 bits per heavy atom. The molecule has 9 nitrogen and oxygen atoms in total. The van der Waals surface area contributed by atoms with Crippen molar-refractivity contribution in [3.8, 4) is 6.07 Å². The van der Waals surface area contributed by atoms with Crippen LogP contribution in [0.5, 0.6) is 0 Å². The average molecular weight is 513 g/mol. The normalized spacial score (nSPS) is 10.8. The molecule has 0 aliphatic carbocycles. The summed E-state index contributed by atoms with van der Waals surface area (Å²) in [5, 5.41) is 12.6. The SMILES string of the molecule is CNSNc1cccc(Cc2c(CNCC(=O)N(C)CC#N)c3ccc(N(C)C)cc3oc2=O)c1F. The molecule has 0 aliphatic heterocycles. The molecule has 0 saturated heterocycles. The number of likely N-dealkylation sites (N-methyl/N-ethyl adjacent to an activating group) is 1. The van der Waals surface area contributed by atoms with Crippen LogP contribution in [0.15, 0.2) is 45.6 Å². The summed E-state index contributed by atoms with van der Waals surface area (Å²) in [5.41, 5.74) is 2.26. The Balaban J connectivity index is 2.01. The van der Waals surface area contributed by atoms with Crippen molar-refractivity contribution >= 4 is 40.4 Å². The molecule has 0 saturated carbocycles. The molecule has 2 aromatic carbocycles. The number of nitriles is 1. The molecule has 1 amide bonds. The number of rotatable bonds is 11. The van der Waals surface area contributed by atoms with Gasteiger partial charge in [0.1, 0.15) is 12.1 Å². The molecule has 190 valence electrons. The number of carbonyl (C=O) groups excluding carboxylic acids is 1.